The molecule has 0 aromatic heterocycles. The second kappa shape index (κ2) is 13.6. The maximum absolute atomic E-state index is 9.66. The fraction of sp³-hybridized carbons (Fsp3) is 0.850. The van der Waals surface area contributed by atoms with Gasteiger partial charge in [0.1, 0.15) is 12.1 Å². The molecule has 3 heteroatoms. The van der Waals surface area contributed by atoms with E-state index in [1.54, 1.807) is 0 Å². The second-order valence-electron chi connectivity index (χ2n) is 6.75. The van der Waals surface area contributed by atoms with Crippen LogP contribution in [0.1, 0.15) is 90.9 Å². The predicted octanol–water partition coefficient (Wildman–Crippen LogP) is 5.30. The third kappa shape index (κ3) is 9.80. The Morgan fingerprint density at radius 1 is 1.00 bits per heavy atom. The van der Waals surface area contributed by atoms with Crippen molar-refractivity contribution in [3.8, 4) is 0 Å². The SMILES string of the molecule is CCCCCCC/C=C/CCCCCCC1=NCCN1C(C)O. The molecule has 1 N–H and O–H groups in total. The molecule has 0 aliphatic carbocycles. The Kier molecular flexibility index (Phi) is 11.9. The van der Waals surface area contributed by atoms with Crippen LogP contribution in [0.2, 0.25) is 0 Å². The molecule has 23 heavy (non-hydrogen) atoms. The van der Waals surface area contributed by atoms with Gasteiger partial charge >= 0.3 is 0 Å². The zero-order valence-electron chi connectivity index (χ0n) is 15.5. The number of amidine groups is 1. The quantitative estimate of drug-likeness (QED) is 0.348. The van der Waals surface area contributed by atoms with Gasteiger partial charge in [0, 0.05) is 13.0 Å². The molecule has 0 bridgehead atoms. The molecule has 1 rings (SSSR count). The first-order valence-corrected chi connectivity index (χ1v) is 9.88. The fourth-order valence-corrected chi connectivity index (χ4v) is 3.13. The maximum Gasteiger partial charge on any atom is 0.125 e. The third-order valence-electron chi connectivity index (χ3n) is 4.58. The lowest BCUT2D eigenvalue weighted by Crippen LogP contribution is -2.35. The molecule has 0 saturated carbocycles. The highest BCUT2D eigenvalue weighted by atomic mass is 16.3. The van der Waals surface area contributed by atoms with Gasteiger partial charge in [-0.05, 0) is 39.0 Å². The standard InChI is InChI=1S/C20H38N2O/c1-3-4-5-6-7-8-9-10-11-12-13-14-15-16-20-21-17-18-22(20)19(2)23/h9-10,19,23H,3-8,11-18H2,1-2H3/b10-9+. The number of hydrogen-bond donors (Lipinski definition) is 1. The summed E-state index contributed by atoms with van der Waals surface area (Å²) >= 11 is 0. The van der Waals surface area contributed by atoms with Crippen molar-refractivity contribution in [1.29, 1.82) is 0 Å². The van der Waals surface area contributed by atoms with Crippen LogP contribution in [0.5, 0.6) is 0 Å². The maximum atomic E-state index is 9.66. The molecule has 0 amide bonds. The van der Waals surface area contributed by atoms with Crippen molar-refractivity contribution in [3.05, 3.63) is 12.2 Å². The number of aliphatic hydroxyl groups is 1. The monoisotopic (exact) mass is 322 g/mol. The highest BCUT2D eigenvalue weighted by Gasteiger charge is 2.19. The van der Waals surface area contributed by atoms with Gasteiger partial charge in [-0.2, -0.15) is 0 Å². The van der Waals surface area contributed by atoms with Gasteiger partial charge in [0.05, 0.1) is 6.54 Å². The van der Waals surface area contributed by atoms with Crippen molar-refractivity contribution in [2.75, 3.05) is 13.1 Å². The van der Waals surface area contributed by atoms with E-state index in [0.29, 0.717) is 0 Å². The Morgan fingerprint density at radius 2 is 1.61 bits per heavy atom. The smallest absolute Gasteiger partial charge is 0.125 e. The van der Waals surface area contributed by atoms with Gasteiger partial charge in [0.15, 0.2) is 0 Å². The Morgan fingerprint density at radius 3 is 2.22 bits per heavy atom. The fourth-order valence-electron chi connectivity index (χ4n) is 3.13. The zero-order valence-corrected chi connectivity index (χ0v) is 15.5. The summed E-state index contributed by atoms with van der Waals surface area (Å²) in [6.45, 7) is 5.83. The van der Waals surface area contributed by atoms with E-state index in [4.69, 9.17) is 0 Å². The summed E-state index contributed by atoms with van der Waals surface area (Å²) in [6, 6.07) is 0. The van der Waals surface area contributed by atoms with Crippen molar-refractivity contribution >= 4 is 5.84 Å². The summed E-state index contributed by atoms with van der Waals surface area (Å²) in [5, 5.41) is 9.66. The van der Waals surface area contributed by atoms with E-state index in [0.717, 1.165) is 25.3 Å². The Hall–Kier alpha value is -0.830. The van der Waals surface area contributed by atoms with Gasteiger partial charge in [0.25, 0.3) is 0 Å². The number of aliphatic hydroxyl groups excluding tert-OH is 1. The predicted molar refractivity (Wildman–Crippen MR) is 101 cm³/mol. The van der Waals surface area contributed by atoms with E-state index in [-0.39, 0.29) is 6.23 Å². The van der Waals surface area contributed by atoms with Crippen molar-refractivity contribution in [3.63, 3.8) is 0 Å². The van der Waals surface area contributed by atoms with Gasteiger partial charge in [-0.25, -0.2) is 0 Å². The highest BCUT2D eigenvalue weighted by molar-refractivity contribution is 5.83. The number of rotatable bonds is 14. The molecule has 0 aromatic carbocycles. The minimum Gasteiger partial charge on any atom is -0.374 e. The average molecular weight is 323 g/mol. The second-order valence-corrected chi connectivity index (χ2v) is 6.75. The molecule has 0 aromatic rings. The van der Waals surface area contributed by atoms with Crippen LogP contribution in [-0.2, 0) is 0 Å². The lowest BCUT2D eigenvalue weighted by molar-refractivity contribution is 0.0766. The molecule has 1 aliphatic rings. The van der Waals surface area contributed by atoms with Crippen LogP contribution in [0.15, 0.2) is 17.1 Å². The largest absolute Gasteiger partial charge is 0.374 e. The minimum atomic E-state index is -0.386. The first-order valence-electron chi connectivity index (χ1n) is 9.88. The van der Waals surface area contributed by atoms with E-state index in [2.05, 4.69) is 24.1 Å². The van der Waals surface area contributed by atoms with Crippen molar-refractivity contribution in [1.82, 2.24) is 4.90 Å². The van der Waals surface area contributed by atoms with E-state index >= 15 is 0 Å². The number of nitrogens with zero attached hydrogens (tertiary/aromatic N) is 2. The molecule has 0 fully saturated rings. The van der Waals surface area contributed by atoms with E-state index < -0.39 is 0 Å². The van der Waals surface area contributed by atoms with Crippen LogP contribution in [0.25, 0.3) is 0 Å². The molecule has 134 valence electrons. The van der Waals surface area contributed by atoms with Crippen LogP contribution in [0.4, 0.5) is 0 Å². The van der Waals surface area contributed by atoms with E-state index in [9.17, 15) is 5.11 Å². The van der Waals surface area contributed by atoms with Crippen LogP contribution in [-0.4, -0.2) is 35.2 Å². The number of allylic oxidation sites excluding steroid dienone is 2. The molecule has 1 aliphatic heterocycles. The van der Waals surface area contributed by atoms with Gasteiger partial charge < -0.3 is 10.0 Å². The van der Waals surface area contributed by atoms with Crippen LogP contribution in [0.3, 0.4) is 0 Å². The molecule has 1 unspecified atom stereocenters. The van der Waals surface area contributed by atoms with Crippen LogP contribution in [0, 0.1) is 0 Å². The highest BCUT2D eigenvalue weighted by Crippen LogP contribution is 2.13. The van der Waals surface area contributed by atoms with Crippen molar-refractivity contribution in [2.24, 2.45) is 4.99 Å². The van der Waals surface area contributed by atoms with Crippen LogP contribution < -0.4 is 0 Å². The normalized spacial score (nSPS) is 16.3. The molecular formula is C20H38N2O. The number of unbranched alkanes of at least 4 members (excludes halogenated alkanes) is 9. The minimum absolute atomic E-state index is 0.386. The average Bonchev–Trinajstić information content (AvgIpc) is 3.00. The van der Waals surface area contributed by atoms with Gasteiger partial charge in [-0.15, -0.1) is 0 Å². The molecule has 0 radical (unpaired) electrons. The number of hydrogen-bond acceptors (Lipinski definition) is 3. The first-order chi connectivity index (χ1) is 11.3. The summed E-state index contributed by atoms with van der Waals surface area (Å²) in [4.78, 5) is 6.54. The lowest BCUT2D eigenvalue weighted by Gasteiger charge is -2.23. The van der Waals surface area contributed by atoms with E-state index in [1.165, 1.54) is 70.6 Å². The molecule has 1 atom stereocenters. The Bertz CT molecular complexity index is 337. The number of aliphatic imine (C=N–C) groups is 1. The summed E-state index contributed by atoms with van der Waals surface area (Å²) in [6.07, 6.45) is 19.9. The summed E-state index contributed by atoms with van der Waals surface area (Å²) in [5.41, 5.74) is 0. The summed E-state index contributed by atoms with van der Waals surface area (Å²) < 4.78 is 0. The molecule has 0 saturated heterocycles. The molecule has 0 spiro atoms. The molecular weight excluding hydrogens is 284 g/mol. The molecule has 1 heterocycles. The van der Waals surface area contributed by atoms with Gasteiger partial charge in [0.2, 0.25) is 0 Å². The van der Waals surface area contributed by atoms with Crippen molar-refractivity contribution in [2.45, 2.75) is 97.1 Å². The van der Waals surface area contributed by atoms with Gasteiger partial charge in [-0.1, -0.05) is 57.6 Å². The lowest BCUT2D eigenvalue weighted by atomic mass is 10.1. The Balaban J connectivity index is 1.88. The molecule has 3 nitrogen and oxygen atoms in total. The Labute approximate surface area is 143 Å². The third-order valence-corrected chi connectivity index (χ3v) is 4.58. The van der Waals surface area contributed by atoms with E-state index in [1.807, 2.05) is 11.8 Å². The van der Waals surface area contributed by atoms with Gasteiger partial charge in [-0.3, -0.25) is 4.99 Å². The van der Waals surface area contributed by atoms with Crippen LogP contribution >= 0.6 is 0 Å². The summed E-state index contributed by atoms with van der Waals surface area (Å²) in [5.74, 6) is 1.11. The zero-order chi connectivity index (χ0) is 16.8. The summed E-state index contributed by atoms with van der Waals surface area (Å²) in [7, 11) is 0. The van der Waals surface area contributed by atoms with Crippen molar-refractivity contribution < 1.29 is 5.11 Å². The first kappa shape index (κ1) is 20.2. The topological polar surface area (TPSA) is 35.8 Å².